The van der Waals surface area contributed by atoms with E-state index in [1.807, 2.05) is 4.90 Å². The zero-order chi connectivity index (χ0) is 16.8. The lowest BCUT2D eigenvalue weighted by atomic mass is 10.1. The first-order chi connectivity index (χ1) is 11.5. The number of likely N-dealkylation sites (tertiary alicyclic amines) is 1. The molecule has 1 aliphatic carbocycles. The van der Waals surface area contributed by atoms with E-state index in [1.165, 1.54) is 0 Å². The average Bonchev–Trinajstić information content (AvgIpc) is 3.30. The number of rotatable bonds is 4. The van der Waals surface area contributed by atoms with Crippen LogP contribution >= 0.6 is 0 Å². The molecule has 1 unspecified atom stereocenters. The zero-order valence-electron chi connectivity index (χ0n) is 13.0. The predicted molar refractivity (Wildman–Crippen MR) is 83.1 cm³/mol. The third-order valence-corrected chi connectivity index (χ3v) is 4.69. The van der Waals surface area contributed by atoms with Gasteiger partial charge in [-0.05, 0) is 25.0 Å². The molecule has 2 fully saturated rings. The summed E-state index contributed by atoms with van der Waals surface area (Å²) in [5.41, 5.74) is 0.650. The molecule has 0 bridgehead atoms. The van der Waals surface area contributed by atoms with Crippen molar-refractivity contribution in [3.8, 4) is 0 Å². The van der Waals surface area contributed by atoms with Crippen molar-refractivity contribution >= 4 is 23.6 Å². The molecule has 2 aliphatic heterocycles. The Hall–Kier alpha value is -2.70. The first-order valence-corrected chi connectivity index (χ1v) is 8.08. The van der Waals surface area contributed by atoms with Crippen LogP contribution in [0.2, 0.25) is 0 Å². The smallest absolute Gasteiger partial charge is 0.262 e. The van der Waals surface area contributed by atoms with Gasteiger partial charge in [-0.1, -0.05) is 12.1 Å². The van der Waals surface area contributed by atoms with E-state index < -0.39 is 17.7 Å². The molecule has 124 valence electrons. The highest BCUT2D eigenvalue weighted by Gasteiger charge is 2.41. The zero-order valence-corrected chi connectivity index (χ0v) is 13.0. The number of carbonyl (C=O) groups is 4. The Morgan fingerprint density at radius 3 is 2.29 bits per heavy atom. The summed E-state index contributed by atoms with van der Waals surface area (Å²) >= 11 is 0. The molecule has 0 aromatic heterocycles. The molecular weight excluding hydrogens is 310 g/mol. The maximum atomic E-state index is 12.2. The average molecular weight is 327 g/mol. The molecule has 7 nitrogen and oxygen atoms in total. The Morgan fingerprint density at radius 1 is 1.08 bits per heavy atom. The van der Waals surface area contributed by atoms with Gasteiger partial charge in [-0.3, -0.25) is 24.1 Å². The van der Waals surface area contributed by atoms with Gasteiger partial charge in [0.25, 0.3) is 11.8 Å². The highest BCUT2D eigenvalue weighted by molar-refractivity contribution is 6.22. The molecule has 1 atom stereocenters. The fourth-order valence-electron chi connectivity index (χ4n) is 3.37. The second-order valence-electron chi connectivity index (χ2n) is 6.49. The van der Waals surface area contributed by atoms with Crippen molar-refractivity contribution < 1.29 is 19.2 Å². The van der Waals surface area contributed by atoms with Crippen molar-refractivity contribution in [1.29, 1.82) is 0 Å². The molecule has 4 rings (SSSR count). The lowest BCUT2D eigenvalue weighted by molar-refractivity contribution is -0.128. The lowest BCUT2D eigenvalue weighted by Crippen LogP contribution is -2.45. The van der Waals surface area contributed by atoms with Gasteiger partial charge in [-0.25, -0.2) is 0 Å². The van der Waals surface area contributed by atoms with Gasteiger partial charge in [0.2, 0.25) is 11.8 Å². The van der Waals surface area contributed by atoms with E-state index in [9.17, 15) is 19.2 Å². The molecule has 1 saturated carbocycles. The molecule has 7 heteroatoms. The van der Waals surface area contributed by atoms with Crippen molar-refractivity contribution in [3.05, 3.63) is 35.4 Å². The summed E-state index contributed by atoms with van der Waals surface area (Å²) in [4.78, 5) is 51.4. The summed E-state index contributed by atoms with van der Waals surface area (Å²) in [5, 5.41) is 2.77. The second kappa shape index (κ2) is 5.43. The van der Waals surface area contributed by atoms with Crippen LogP contribution in [0.4, 0.5) is 0 Å². The van der Waals surface area contributed by atoms with E-state index in [0.29, 0.717) is 23.7 Å². The van der Waals surface area contributed by atoms with Gasteiger partial charge in [-0.2, -0.15) is 0 Å². The maximum absolute atomic E-state index is 12.2. The van der Waals surface area contributed by atoms with Crippen molar-refractivity contribution in [3.63, 3.8) is 0 Å². The van der Waals surface area contributed by atoms with Crippen LogP contribution in [-0.4, -0.2) is 58.6 Å². The van der Waals surface area contributed by atoms with Crippen LogP contribution in [0, 0.1) is 0 Å². The number of benzene rings is 1. The summed E-state index contributed by atoms with van der Waals surface area (Å²) < 4.78 is 0. The Balaban J connectivity index is 1.38. The predicted octanol–water partition coefficient (Wildman–Crippen LogP) is 0.162. The van der Waals surface area contributed by atoms with E-state index >= 15 is 0 Å². The van der Waals surface area contributed by atoms with E-state index in [1.54, 1.807) is 24.3 Å². The Bertz CT molecular complexity index is 721. The van der Waals surface area contributed by atoms with Crippen LogP contribution < -0.4 is 5.32 Å². The highest BCUT2D eigenvalue weighted by Crippen LogP contribution is 2.30. The quantitative estimate of drug-likeness (QED) is 0.798. The molecule has 4 amide bonds. The first-order valence-electron chi connectivity index (χ1n) is 8.08. The molecule has 1 saturated heterocycles. The van der Waals surface area contributed by atoms with Gasteiger partial charge in [0, 0.05) is 19.0 Å². The summed E-state index contributed by atoms with van der Waals surface area (Å²) in [5.74, 6) is -1.26. The number of carbonyl (C=O) groups excluding carboxylic acids is 4. The molecule has 3 aliphatic rings. The Morgan fingerprint density at radius 2 is 1.71 bits per heavy atom. The van der Waals surface area contributed by atoms with E-state index in [0.717, 1.165) is 17.7 Å². The summed E-state index contributed by atoms with van der Waals surface area (Å²) in [6.45, 7) is 0.192. The Kier molecular flexibility index (Phi) is 3.37. The molecule has 24 heavy (non-hydrogen) atoms. The third-order valence-electron chi connectivity index (χ3n) is 4.69. The number of nitrogens with zero attached hydrogens (tertiary/aromatic N) is 2. The van der Waals surface area contributed by atoms with Gasteiger partial charge in [-0.15, -0.1) is 0 Å². The van der Waals surface area contributed by atoms with Gasteiger partial charge in [0.15, 0.2) is 0 Å². The van der Waals surface area contributed by atoms with Crippen molar-refractivity contribution in [2.45, 2.75) is 31.3 Å². The second-order valence-corrected chi connectivity index (χ2v) is 6.49. The minimum atomic E-state index is -0.451. The molecule has 1 aromatic rings. The van der Waals surface area contributed by atoms with Gasteiger partial charge < -0.3 is 10.2 Å². The van der Waals surface area contributed by atoms with Crippen LogP contribution in [0.3, 0.4) is 0 Å². The molecule has 1 aromatic carbocycles. The summed E-state index contributed by atoms with van der Waals surface area (Å²) in [6.07, 6.45) is 2.34. The van der Waals surface area contributed by atoms with Crippen molar-refractivity contribution in [1.82, 2.24) is 15.1 Å². The van der Waals surface area contributed by atoms with Gasteiger partial charge >= 0.3 is 0 Å². The minimum absolute atomic E-state index is 0.0588. The number of hydrogen-bond acceptors (Lipinski definition) is 4. The largest absolute Gasteiger partial charge is 0.350 e. The topological polar surface area (TPSA) is 86.8 Å². The number of nitrogens with one attached hydrogen (secondary N) is 1. The molecule has 0 radical (unpaired) electrons. The van der Waals surface area contributed by atoms with Crippen LogP contribution in [-0.2, 0) is 9.59 Å². The van der Waals surface area contributed by atoms with E-state index in [2.05, 4.69) is 5.32 Å². The molecular formula is C17H17N3O4. The monoisotopic (exact) mass is 327 g/mol. The van der Waals surface area contributed by atoms with Crippen LogP contribution in [0.25, 0.3) is 0 Å². The van der Waals surface area contributed by atoms with E-state index in [4.69, 9.17) is 0 Å². The maximum Gasteiger partial charge on any atom is 0.262 e. The number of fused-ring (bicyclic) bond motifs is 1. The fraction of sp³-hybridized carbons (Fsp3) is 0.412. The number of amides is 4. The third kappa shape index (κ3) is 2.46. The van der Waals surface area contributed by atoms with Crippen molar-refractivity contribution in [2.24, 2.45) is 0 Å². The van der Waals surface area contributed by atoms with E-state index in [-0.39, 0.29) is 24.9 Å². The van der Waals surface area contributed by atoms with Gasteiger partial charge in [0.1, 0.15) is 6.54 Å². The van der Waals surface area contributed by atoms with Crippen LogP contribution in [0.1, 0.15) is 40.0 Å². The first kappa shape index (κ1) is 14.9. The lowest BCUT2D eigenvalue weighted by Gasteiger charge is -2.18. The van der Waals surface area contributed by atoms with Crippen molar-refractivity contribution in [2.75, 3.05) is 13.1 Å². The number of imide groups is 1. The number of hydrogen-bond donors (Lipinski definition) is 1. The fourth-order valence-corrected chi connectivity index (χ4v) is 3.37. The molecule has 0 spiro atoms. The summed E-state index contributed by atoms with van der Waals surface area (Å²) in [7, 11) is 0. The Labute approximate surface area is 138 Å². The normalized spacial score (nSPS) is 23.0. The highest BCUT2D eigenvalue weighted by atomic mass is 16.2. The van der Waals surface area contributed by atoms with Gasteiger partial charge in [0.05, 0.1) is 17.2 Å². The standard InChI is InChI=1S/C17H17N3O4/c21-14(18-10-7-15(22)19(8-10)11-5-6-11)9-20-16(23)12-3-1-2-4-13(12)17(20)24/h1-4,10-11H,5-9H2,(H,18,21). The molecule has 1 N–H and O–H groups in total. The molecule has 2 heterocycles. The van der Waals surface area contributed by atoms with Crippen LogP contribution in [0.5, 0.6) is 0 Å². The minimum Gasteiger partial charge on any atom is -0.350 e. The SMILES string of the molecule is O=C(CN1C(=O)c2ccccc2C1=O)NC1CC(=O)N(C2CC2)C1. The summed E-state index contributed by atoms with van der Waals surface area (Å²) in [6, 6.07) is 6.61. The van der Waals surface area contributed by atoms with Crippen LogP contribution in [0.15, 0.2) is 24.3 Å².